The number of benzene rings is 1. The van der Waals surface area contributed by atoms with Crippen molar-refractivity contribution in [3.05, 3.63) is 36.4 Å². The molecule has 0 saturated heterocycles. The Hall–Kier alpha value is -1.44. The highest BCUT2D eigenvalue weighted by Gasteiger charge is 2.05. The number of aromatic hydroxyl groups is 1. The first-order chi connectivity index (χ1) is 6.29. The van der Waals surface area contributed by atoms with E-state index in [1.807, 2.05) is 18.2 Å². The highest BCUT2D eigenvalue weighted by Crippen LogP contribution is 2.29. The number of para-hydroxylation sites is 1. The SMILES string of the molecule is C=CCCc1cccc(OC)c1O. The number of aryl methyl sites for hydroxylation is 1. The topological polar surface area (TPSA) is 29.5 Å². The van der Waals surface area contributed by atoms with E-state index in [-0.39, 0.29) is 5.75 Å². The van der Waals surface area contributed by atoms with Gasteiger partial charge in [0.25, 0.3) is 0 Å². The van der Waals surface area contributed by atoms with Crippen molar-refractivity contribution in [2.75, 3.05) is 7.11 Å². The second-order valence-corrected chi connectivity index (χ2v) is 2.80. The molecule has 1 aromatic rings. The van der Waals surface area contributed by atoms with Crippen molar-refractivity contribution in [1.29, 1.82) is 0 Å². The van der Waals surface area contributed by atoms with Crippen LogP contribution in [-0.4, -0.2) is 12.2 Å². The van der Waals surface area contributed by atoms with Gasteiger partial charge in [-0.05, 0) is 24.5 Å². The summed E-state index contributed by atoms with van der Waals surface area (Å²) in [7, 11) is 1.55. The maximum absolute atomic E-state index is 9.66. The third kappa shape index (κ3) is 2.25. The van der Waals surface area contributed by atoms with Gasteiger partial charge in [0.05, 0.1) is 7.11 Å². The third-order valence-corrected chi connectivity index (χ3v) is 1.92. The van der Waals surface area contributed by atoms with E-state index in [4.69, 9.17) is 4.74 Å². The molecule has 0 radical (unpaired) electrons. The van der Waals surface area contributed by atoms with Crippen LogP contribution in [0.25, 0.3) is 0 Å². The van der Waals surface area contributed by atoms with E-state index in [1.54, 1.807) is 13.2 Å². The third-order valence-electron chi connectivity index (χ3n) is 1.92. The molecule has 0 aliphatic carbocycles. The number of rotatable bonds is 4. The van der Waals surface area contributed by atoms with Crippen LogP contribution in [0.1, 0.15) is 12.0 Å². The summed E-state index contributed by atoms with van der Waals surface area (Å²) < 4.78 is 4.99. The molecule has 70 valence electrons. The first kappa shape index (κ1) is 9.65. The molecule has 1 N–H and O–H groups in total. The summed E-state index contributed by atoms with van der Waals surface area (Å²) in [6.45, 7) is 3.64. The van der Waals surface area contributed by atoms with Crippen LogP contribution in [-0.2, 0) is 6.42 Å². The Morgan fingerprint density at radius 1 is 1.54 bits per heavy atom. The van der Waals surface area contributed by atoms with Crippen molar-refractivity contribution >= 4 is 0 Å². The fourth-order valence-electron chi connectivity index (χ4n) is 1.19. The summed E-state index contributed by atoms with van der Waals surface area (Å²) in [5, 5.41) is 9.66. The second-order valence-electron chi connectivity index (χ2n) is 2.80. The van der Waals surface area contributed by atoms with E-state index in [0.717, 1.165) is 18.4 Å². The van der Waals surface area contributed by atoms with Gasteiger partial charge in [0.2, 0.25) is 0 Å². The van der Waals surface area contributed by atoms with E-state index in [1.165, 1.54) is 0 Å². The lowest BCUT2D eigenvalue weighted by molar-refractivity contribution is 0.370. The number of phenolic OH excluding ortho intramolecular Hbond substituents is 1. The quantitative estimate of drug-likeness (QED) is 0.718. The van der Waals surface area contributed by atoms with E-state index >= 15 is 0 Å². The predicted octanol–water partition coefficient (Wildman–Crippen LogP) is 2.52. The maximum atomic E-state index is 9.66. The number of hydrogen-bond donors (Lipinski definition) is 1. The zero-order valence-corrected chi connectivity index (χ0v) is 7.79. The molecule has 0 bridgehead atoms. The van der Waals surface area contributed by atoms with Crippen molar-refractivity contribution in [2.24, 2.45) is 0 Å². The lowest BCUT2D eigenvalue weighted by atomic mass is 10.1. The number of hydrogen-bond acceptors (Lipinski definition) is 2. The van der Waals surface area contributed by atoms with Crippen LogP contribution in [0.5, 0.6) is 11.5 Å². The van der Waals surface area contributed by atoms with Crippen molar-refractivity contribution in [3.63, 3.8) is 0 Å². The van der Waals surface area contributed by atoms with Crippen molar-refractivity contribution in [1.82, 2.24) is 0 Å². The minimum absolute atomic E-state index is 0.242. The van der Waals surface area contributed by atoms with Gasteiger partial charge < -0.3 is 9.84 Å². The highest BCUT2D eigenvalue weighted by atomic mass is 16.5. The molecule has 0 saturated carbocycles. The molecule has 13 heavy (non-hydrogen) atoms. The van der Waals surface area contributed by atoms with Gasteiger partial charge in [0.15, 0.2) is 11.5 Å². The number of allylic oxidation sites excluding steroid dienone is 1. The first-order valence-electron chi connectivity index (χ1n) is 4.25. The smallest absolute Gasteiger partial charge is 0.160 e. The monoisotopic (exact) mass is 178 g/mol. The average Bonchev–Trinajstić information content (AvgIpc) is 2.16. The Balaban J connectivity index is 2.87. The Kier molecular flexibility index (Phi) is 3.38. The standard InChI is InChI=1S/C11H14O2/c1-3-4-6-9-7-5-8-10(13-2)11(9)12/h3,5,7-8,12H,1,4,6H2,2H3. The molecule has 0 aliphatic rings. The van der Waals surface area contributed by atoms with Crippen molar-refractivity contribution < 1.29 is 9.84 Å². The Morgan fingerprint density at radius 3 is 2.92 bits per heavy atom. The first-order valence-corrected chi connectivity index (χ1v) is 4.25. The minimum Gasteiger partial charge on any atom is -0.504 e. The van der Waals surface area contributed by atoms with Gasteiger partial charge in [0.1, 0.15) is 0 Å². The van der Waals surface area contributed by atoms with Gasteiger partial charge >= 0.3 is 0 Å². The predicted molar refractivity (Wildman–Crippen MR) is 53.2 cm³/mol. The Bertz CT molecular complexity index is 292. The lowest BCUT2D eigenvalue weighted by Gasteiger charge is -2.07. The van der Waals surface area contributed by atoms with Crippen LogP contribution in [0.3, 0.4) is 0 Å². The Morgan fingerprint density at radius 2 is 2.31 bits per heavy atom. The van der Waals surface area contributed by atoms with Gasteiger partial charge in [-0.1, -0.05) is 18.2 Å². The van der Waals surface area contributed by atoms with Gasteiger partial charge in [0, 0.05) is 0 Å². The molecule has 2 heteroatoms. The van der Waals surface area contributed by atoms with Crippen LogP contribution in [0, 0.1) is 0 Å². The molecule has 0 heterocycles. The van der Waals surface area contributed by atoms with Crippen LogP contribution >= 0.6 is 0 Å². The second kappa shape index (κ2) is 4.55. The van der Waals surface area contributed by atoms with E-state index in [9.17, 15) is 5.11 Å². The molecule has 0 aromatic heterocycles. The molecule has 0 unspecified atom stereocenters. The molecule has 1 rings (SSSR count). The van der Waals surface area contributed by atoms with Gasteiger partial charge in [-0.15, -0.1) is 6.58 Å². The largest absolute Gasteiger partial charge is 0.504 e. The number of phenols is 1. The molecule has 1 aromatic carbocycles. The Labute approximate surface area is 78.5 Å². The van der Waals surface area contributed by atoms with Crippen LogP contribution in [0.4, 0.5) is 0 Å². The van der Waals surface area contributed by atoms with Crippen molar-refractivity contribution in [3.8, 4) is 11.5 Å². The maximum Gasteiger partial charge on any atom is 0.160 e. The summed E-state index contributed by atoms with van der Waals surface area (Å²) in [4.78, 5) is 0. The molecule has 0 spiro atoms. The van der Waals surface area contributed by atoms with E-state index in [2.05, 4.69) is 6.58 Å². The zero-order chi connectivity index (χ0) is 9.68. The van der Waals surface area contributed by atoms with Crippen LogP contribution < -0.4 is 4.74 Å². The van der Waals surface area contributed by atoms with E-state index < -0.39 is 0 Å². The summed E-state index contributed by atoms with van der Waals surface area (Å²) in [6, 6.07) is 5.51. The number of ether oxygens (including phenoxy) is 1. The molecular formula is C11H14O2. The fraction of sp³-hybridized carbons (Fsp3) is 0.273. The van der Waals surface area contributed by atoms with E-state index in [0.29, 0.717) is 5.75 Å². The highest BCUT2D eigenvalue weighted by molar-refractivity contribution is 5.45. The fourth-order valence-corrected chi connectivity index (χ4v) is 1.19. The molecule has 2 nitrogen and oxygen atoms in total. The van der Waals surface area contributed by atoms with Crippen LogP contribution in [0.15, 0.2) is 30.9 Å². The number of methoxy groups -OCH3 is 1. The molecule has 0 fully saturated rings. The minimum atomic E-state index is 0.242. The molecular weight excluding hydrogens is 164 g/mol. The van der Waals surface area contributed by atoms with Gasteiger partial charge in [-0.3, -0.25) is 0 Å². The average molecular weight is 178 g/mol. The summed E-state index contributed by atoms with van der Waals surface area (Å²) in [5.74, 6) is 0.772. The lowest BCUT2D eigenvalue weighted by Crippen LogP contribution is -1.89. The summed E-state index contributed by atoms with van der Waals surface area (Å²) in [5.41, 5.74) is 0.902. The molecule has 0 aliphatic heterocycles. The zero-order valence-electron chi connectivity index (χ0n) is 7.79. The summed E-state index contributed by atoms with van der Waals surface area (Å²) >= 11 is 0. The van der Waals surface area contributed by atoms with Crippen LogP contribution in [0.2, 0.25) is 0 Å². The molecule has 0 atom stereocenters. The molecule has 0 amide bonds. The van der Waals surface area contributed by atoms with Gasteiger partial charge in [-0.2, -0.15) is 0 Å². The van der Waals surface area contributed by atoms with Crippen molar-refractivity contribution in [2.45, 2.75) is 12.8 Å². The van der Waals surface area contributed by atoms with Gasteiger partial charge in [-0.25, -0.2) is 0 Å². The normalized spacial score (nSPS) is 9.62. The summed E-state index contributed by atoms with van der Waals surface area (Å²) in [6.07, 6.45) is 3.49.